The SMILES string of the molecule is CC(C)C[C@H](C(=O)O)N1C(=O)[C@@H]2C3C=CC([C@H]4C(=O)N([C@@H](CC(C)C)C(=O)O)C(=O)[C@H]34)[C@@H]2C1=O. The third-order valence-corrected chi connectivity index (χ3v) is 7.66. The molecule has 2 aliphatic heterocycles. The van der Waals surface area contributed by atoms with Gasteiger partial charge in [-0.2, -0.15) is 0 Å². The minimum atomic E-state index is -1.31. The zero-order valence-corrected chi connectivity index (χ0v) is 19.6. The average Bonchev–Trinajstić information content (AvgIpc) is 3.17. The zero-order chi connectivity index (χ0) is 25.2. The molecule has 10 nitrogen and oxygen atoms in total. The Labute approximate surface area is 196 Å². The van der Waals surface area contributed by atoms with Gasteiger partial charge in [0.25, 0.3) is 0 Å². The first kappa shape index (κ1) is 24.1. The highest BCUT2D eigenvalue weighted by molar-refractivity contribution is 6.13. The molecule has 3 fully saturated rings. The van der Waals surface area contributed by atoms with Gasteiger partial charge >= 0.3 is 11.9 Å². The second-order valence-corrected chi connectivity index (χ2v) is 10.7. The van der Waals surface area contributed by atoms with Crippen molar-refractivity contribution in [2.24, 2.45) is 47.3 Å². The summed E-state index contributed by atoms with van der Waals surface area (Å²) in [5, 5.41) is 19.5. The van der Waals surface area contributed by atoms with Crippen LogP contribution in [0.15, 0.2) is 12.2 Å². The van der Waals surface area contributed by atoms with Gasteiger partial charge in [0.05, 0.1) is 23.7 Å². The first-order valence-electron chi connectivity index (χ1n) is 11.8. The number of hydrogen-bond acceptors (Lipinski definition) is 6. The normalized spacial score (nSPS) is 33.7. The second-order valence-electron chi connectivity index (χ2n) is 10.7. The average molecular weight is 475 g/mol. The number of hydrogen-bond donors (Lipinski definition) is 2. The number of rotatable bonds is 8. The molecule has 2 N–H and O–H groups in total. The van der Waals surface area contributed by atoms with E-state index in [2.05, 4.69) is 0 Å². The van der Waals surface area contributed by atoms with Gasteiger partial charge in [0.15, 0.2) is 0 Å². The van der Waals surface area contributed by atoms with Crippen molar-refractivity contribution in [2.45, 2.75) is 52.6 Å². The summed E-state index contributed by atoms with van der Waals surface area (Å²) in [5.74, 6) is -10.4. The van der Waals surface area contributed by atoms with Gasteiger partial charge in [-0.15, -0.1) is 0 Å². The van der Waals surface area contributed by atoms with Crippen LogP contribution in [-0.4, -0.2) is 67.7 Å². The van der Waals surface area contributed by atoms with Gasteiger partial charge in [0, 0.05) is 11.8 Å². The second kappa shape index (κ2) is 8.32. The zero-order valence-electron chi connectivity index (χ0n) is 19.6. The first-order valence-corrected chi connectivity index (χ1v) is 11.8. The van der Waals surface area contributed by atoms with Crippen LogP contribution in [0.5, 0.6) is 0 Å². The maximum absolute atomic E-state index is 13.4. The van der Waals surface area contributed by atoms with Crippen molar-refractivity contribution in [2.75, 3.05) is 0 Å². The maximum atomic E-state index is 13.4. The Morgan fingerprint density at radius 1 is 0.676 bits per heavy atom. The molecule has 2 saturated heterocycles. The molecular weight excluding hydrogens is 444 g/mol. The van der Waals surface area contributed by atoms with Gasteiger partial charge in [0.2, 0.25) is 23.6 Å². The maximum Gasteiger partial charge on any atom is 0.326 e. The summed E-state index contributed by atoms with van der Waals surface area (Å²) in [5.41, 5.74) is 0. The number of carbonyl (C=O) groups is 6. The molecule has 4 amide bonds. The fourth-order valence-corrected chi connectivity index (χ4v) is 6.41. The topological polar surface area (TPSA) is 149 Å². The van der Waals surface area contributed by atoms with Crippen molar-refractivity contribution in [3.8, 4) is 0 Å². The number of likely N-dealkylation sites (tertiary alicyclic amines) is 2. The van der Waals surface area contributed by atoms with E-state index in [4.69, 9.17) is 0 Å². The molecule has 8 atom stereocenters. The summed E-state index contributed by atoms with van der Waals surface area (Å²) in [6.45, 7) is 7.19. The highest BCUT2D eigenvalue weighted by Gasteiger charge is 2.70. The first-order chi connectivity index (χ1) is 15.9. The lowest BCUT2D eigenvalue weighted by atomic mass is 9.54. The highest BCUT2D eigenvalue weighted by Crippen LogP contribution is 2.58. The molecule has 5 rings (SSSR count). The van der Waals surface area contributed by atoms with E-state index in [1.807, 2.05) is 0 Å². The number of allylic oxidation sites excluding steroid dienone is 2. The molecule has 2 bridgehead atoms. The predicted octanol–water partition coefficient (Wildman–Crippen LogP) is 1.00. The largest absolute Gasteiger partial charge is 0.480 e. The molecule has 0 aromatic rings. The Morgan fingerprint density at radius 2 is 0.941 bits per heavy atom. The van der Waals surface area contributed by atoms with Crippen LogP contribution < -0.4 is 0 Å². The summed E-state index contributed by atoms with van der Waals surface area (Å²) in [7, 11) is 0. The molecule has 184 valence electrons. The van der Waals surface area contributed by atoms with Crippen LogP contribution >= 0.6 is 0 Å². The molecule has 0 aromatic heterocycles. The minimum Gasteiger partial charge on any atom is -0.480 e. The molecule has 0 radical (unpaired) electrons. The van der Waals surface area contributed by atoms with E-state index in [9.17, 15) is 39.0 Å². The number of carbonyl (C=O) groups excluding carboxylic acids is 4. The Balaban J connectivity index is 1.70. The molecule has 10 heteroatoms. The Kier molecular flexibility index (Phi) is 5.90. The fourth-order valence-electron chi connectivity index (χ4n) is 6.41. The number of aliphatic carboxylic acids is 2. The Bertz CT molecular complexity index is 879. The van der Waals surface area contributed by atoms with Crippen molar-refractivity contribution in [3.05, 3.63) is 12.2 Å². The van der Waals surface area contributed by atoms with Crippen molar-refractivity contribution in [1.82, 2.24) is 9.80 Å². The quantitative estimate of drug-likeness (QED) is 0.391. The van der Waals surface area contributed by atoms with Gasteiger partial charge in [-0.1, -0.05) is 39.8 Å². The third-order valence-electron chi connectivity index (χ3n) is 7.66. The fraction of sp³-hybridized carbons (Fsp3) is 0.667. The number of amides is 4. The monoisotopic (exact) mass is 474 g/mol. The Morgan fingerprint density at radius 3 is 1.15 bits per heavy atom. The number of carboxylic acids is 2. The van der Waals surface area contributed by atoms with Crippen LogP contribution in [0.1, 0.15) is 40.5 Å². The number of carboxylic acid groups (broad SMARTS) is 2. The summed E-state index contributed by atoms with van der Waals surface area (Å²) >= 11 is 0. The van der Waals surface area contributed by atoms with Crippen molar-refractivity contribution in [3.63, 3.8) is 0 Å². The van der Waals surface area contributed by atoms with Crippen molar-refractivity contribution in [1.29, 1.82) is 0 Å². The van der Waals surface area contributed by atoms with Crippen LogP contribution in [0.25, 0.3) is 0 Å². The summed E-state index contributed by atoms with van der Waals surface area (Å²) < 4.78 is 0. The van der Waals surface area contributed by atoms with Crippen LogP contribution in [-0.2, 0) is 28.8 Å². The highest BCUT2D eigenvalue weighted by atomic mass is 16.4. The predicted molar refractivity (Wildman–Crippen MR) is 116 cm³/mol. The number of nitrogens with zero attached hydrogens (tertiary/aromatic N) is 2. The minimum absolute atomic E-state index is 0.0795. The van der Waals surface area contributed by atoms with Gasteiger partial charge in [-0.05, 0) is 24.7 Å². The lowest BCUT2D eigenvalue weighted by Crippen LogP contribution is -2.50. The van der Waals surface area contributed by atoms with E-state index >= 15 is 0 Å². The molecule has 0 aromatic carbocycles. The van der Waals surface area contributed by atoms with E-state index in [1.165, 1.54) is 0 Å². The molecule has 3 aliphatic carbocycles. The van der Waals surface area contributed by atoms with Gasteiger partial charge in [-0.25, -0.2) is 9.59 Å². The van der Waals surface area contributed by atoms with E-state index in [0.29, 0.717) is 0 Å². The molecule has 2 heterocycles. The lowest BCUT2D eigenvalue weighted by Gasteiger charge is -2.44. The van der Waals surface area contributed by atoms with E-state index in [1.54, 1.807) is 39.8 Å². The van der Waals surface area contributed by atoms with E-state index < -0.39 is 83.2 Å². The molecule has 2 unspecified atom stereocenters. The Hall–Kier alpha value is -3.04. The van der Waals surface area contributed by atoms with Gasteiger partial charge in [-0.3, -0.25) is 29.0 Å². The van der Waals surface area contributed by atoms with E-state index in [-0.39, 0.29) is 24.7 Å². The van der Waals surface area contributed by atoms with Crippen molar-refractivity contribution >= 4 is 35.6 Å². The molecule has 5 aliphatic rings. The van der Waals surface area contributed by atoms with Gasteiger partial charge < -0.3 is 10.2 Å². The third kappa shape index (κ3) is 3.37. The van der Waals surface area contributed by atoms with Crippen LogP contribution in [0.3, 0.4) is 0 Å². The summed E-state index contributed by atoms with van der Waals surface area (Å²) in [6, 6.07) is -2.62. The van der Waals surface area contributed by atoms with Gasteiger partial charge in [0.1, 0.15) is 12.1 Å². The molecule has 34 heavy (non-hydrogen) atoms. The number of imide groups is 2. The smallest absolute Gasteiger partial charge is 0.326 e. The standard InChI is InChI=1S/C24H30N2O8/c1-9(2)7-13(23(31)32)25-19(27)15-11-5-6-12(16(15)20(25)28)18-17(11)21(29)26(22(18)30)14(24(33)34)8-10(3)4/h5-6,9-18H,7-8H2,1-4H3,(H,31,32)(H,33,34)/t11?,12?,13-,14+,15-,16+,17-,18-/m1/s1. The molecule has 1 saturated carbocycles. The van der Waals surface area contributed by atoms with E-state index in [0.717, 1.165) is 9.80 Å². The molecular formula is C24H30N2O8. The van der Waals surface area contributed by atoms with Crippen LogP contribution in [0.4, 0.5) is 0 Å². The summed E-state index contributed by atoms with van der Waals surface area (Å²) in [4.78, 5) is 79.2. The van der Waals surface area contributed by atoms with Crippen molar-refractivity contribution < 1.29 is 39.0 Å². The molecule has 0 spiro atoms. The lowest BCUT2D eigenvalue weighted by molar-refractivity contribution is -0.156. The van der Waals surface area contributed by atoms with Crippen LogP contribution in [0, 0.1) is 47.3 Å². The summed E-state index contributed by atoms with van der Waals surface area (Å²) in [6.07, 6.45) is 3.55. The van der Waals surface area contributed by atoms with Crippen LogP contribution in [0.2, 0.25) is 0 Å².